The summed E-state index contributed by atoms with van der Waals surface area (Å²) in [6.45, 7) is 1.04. The molecule has 6 nitrogen and oxygen atoms in total. The maximum Gasteiger partial charge on any atom is 0.321 e. The lowest BCUT2D eigenvalue weighted by Gasteiger charge is -2.43. The first-order valence-electron chi connectivity index (χ1n) is 11.0. The Kier molecular flexibility index (Phi) is 5.31. The van der Waals surface area contributed by atoms with E-state index in [0.29, 0.717) is 54.9 Å². The third kappa shape index (κ3) is 4.18. The third-order valence-corrected chi connectivity index (χ3v) is 6.40. The van der Waals surface area contributed by atoms with Crippen LogP contribution >= 0.6 is 0 Å². The van der Waals surface area contributed by atoms with Gasteiger partial charge in [-0.2, -0.15) is 5.26 Å². The molecule has 0 unspecified atom stereocenters. The number of para-hydroxylation sites is 1. The maximum absolute atomic E-state index is 12.9. The standard InChI is InChI=1S/C27H23N3O3/c28-18-19-5-3-6-20(15-19)21-7-4-8-22(16-21)29-26(32)30-13-11-27(12-14-30)17-24(31)23-9-1-2-10-25(23)33-27/h1-10,15-16H,11-14,17H2,(H,29,32). The number of amides is 2. The molecule has 1 N–H and O–H groups in total. The number of likely N-dealkylation sites (tertiary alicyclic amines) is 1. The molecule has 5 rings (SSSR count). The zero-order valence-corrected chi connectivity index (χ0v) is 18.1. The van der Waals surface area contributed by atoms with Crippen molar-refractivity contribution < 1.29 is 14.3 Å². The zero-order chi connectivity index (χ0) is 22.8. The van der Waals surface area contributed by atoms with Crippen molar-refractivity contribution in [2.24, 2.45) is 0 Å². The van der Waals surface area contributed by atoms with Crippen molar-refractivity contribution in [1.82, 2.24) is 4.90 Å². The molecule has 0 saturated carbocycles. The summed E-state index contributed by atoms with van der Waals surface area (Å²) in [4.78, 5) is 27.3. The number of nitrogens with one attached hydrogen (secondary N) is 1. The molecule has 2 aliphatic rings. The van der Waals surface area contributed by atoms with Gasteiger partial charge in [-0.1, -0.05) is 36.4 Å². The van der Waals surface area contributed by atoms with Gasteiger partial charge in [0.25, 0.3) is 0 Å². The summed E-state index contributed by atoms with van der Waals surface area (Å²) in [5, 5.41) is 12.1. The second-order valence-corrected chi connectivity index (χ2v) is 8.57. The minimum atomic E-state index is -0.534. The fourth-order valence-electron chi connectivity index (χ4n) is 4.59. The number of urea groups is 1. The quantitative estimate of drug-likeness (QED) is 0.593. The second-order valence-electron chi connectivity index (χ2n) is 8.57. The number of rotatable bonds is 2. The number of nitriles is 1. The van der Waals surface area contributed by atoms with Crippen molar-refractivity contribution in [2.45, 2.75) is 24.9 Å². The lowest BCUT2D eigenvalue weighted by Crippen LogP contribution is -2.53. The normalized spacial score (nSPS) is 16.5. The van der Waals surface area contributed by atoms with Crippen LogP contribution in [0.5, 0.6) is 5.75 Å². The first kappa shape index (κ1) is 20.8. The molecule has 0 aromatic heterocycles. The van der Waals surface area contributed by atoms with Crippen LogP contribution in [0.25, 0.3) is 11.1 Å². The molecule has 6 heteroatoms. The summed E-state index contributed by atoms with van der Waals surface area (Å²) >= 11 is 0. The number of nitrogens with zero attached hydrogens (tertiary/aromatic N) is 2. The minimum absolute atomic E-state index is 0.104. The highest BCUT2D eigenvalue weighted by Crippen LogP contribution is 2.39. The maximum atomic E-state index is 12.9. The van der Waals surface area contributed by atoms with Gasteiger partial charge < -0.3 is 15.0 Å². The Morgan fingerprint density at radius 2 is 1.70 bits per heavy atom. The molecular weight excluding hydrogens is 414 g/mol. The first-order chi connectivity index (χ1) is 16.0. The van der Waals surface area contributed by atoms with Gasteiger partial charge in [-0.3, -0.25) is 4.79 Å². The van der Waals surface area contributed by atoms with Crippen LogP contribution in [-0.4, -0.2) is 35.4 Å². The smallest absolute Gasteiger partial charge is 0.321 e. The van der Waals surface area contributed by atoms with E-state index < -0.39 is 5.60 Å². The van der Waals surface area contributed by atoms with Gasteiger partial charge >= 0.3 is 6.03 Å². The lowest BCUT2D eigenvalue weighted by molar-refractivity contribution is 0.000389. The topological polar surface area (TPSA) is 82.4 Å². The predicted octanol–water partition coefficient (Wildman–Crippen LogP) is 5.26. The number of benzene rings is 3. The van der Waals surface area contributed by atoms with Crippen molar-refractivity contribution in [1.29, 1.82) is 5.26 Å². The second kappa shape index (κ2) is 8.44. The van der Waals surface area contributed by atoms with Crippen LogP contribution < -0.4 is 10.1 Å². The molecule has 1 spiro atoms. The van der Waals surface area contributed by atoms with Gasteiger partial charge in [0.15, 0.2) is 5.78 Å². The Balaban J connectivity index is 1.24. The summed E-state index contributed by atoms with van der Waals surface area (Å²) in [6, 6.07) is 24.3. The molecular formula is C27H23N3O3. The van der Waals surface area contributed by atoms with E-state index in [1.807, 2.05) is 60.7 Å². The number of carbonyl (C=O) groups is 2. The number of anilines is 1. The van der Waals surface area contributed by atoms with Crippen molar-refractivity contribution >= 4 is 17.5 Å². The van der Waals surface area contributed by atoms with Crippen LogP contribution in [0.3, 0.4) is 0 Å². The third-order valence-electron chi connectivity index (χ3n) is 6.40. The van der Waals surface area contributed by atoms with E-state index in [4.69, 9.17) is 10.00 Å². The number of Topliss-reactive ketones (excluding diaryl/α,β-unsaturated/α-hetero) is 1. The molecule has 2 amide bonds. The molecule has 0 atom stereocenters. The molecule has 2 heterocycles. The van der Waals surface area contributed by atoms with Gasteiger partial charge in [-0.25, -0.2) is 4.79 Å². The van der Waals surface area contributed by atoms with Gasteiger partial charge in [-0.05, 0) is 47.5 Å². The fraction of sp³-hybridized carbons (Fsp3) is 0.222. The highest BCUT2D eigenvalue weighted by Gasteiger charge is 2.43. The number of fused-ring (bicyclic) bond motifs is 1. The fourth-order valence-corrected chi connectivity index (χ4v) is 4.59. The van der Waals surface area contributed by atoms with Crippen molar-refractivity contribution in [3.8, 4) is 22.9 Å². The molecule has 3 aromatic rings. The van der Waals surface area contributed by atoms with Gasteiger partial charge in [0.1, 0.15) is 11.4 Å². The van der Waals surface area contributed by atoms with Crippen LogP contribution in [0.15, 0.2) is 72.8 Å². The van der Waals surface area contributed by atoms with Crippen molar-refractivity contribution in [3.05, 3.63) is 83.9 Å². The molecule has 1 fully saturated rings. The van der Waals surface area contributed by atoms with Crippen LogP contribution in [-0.2, 0) is 0 Å². The summed E-state index contributed by atoms with van der Waals surface area (Å²) in [5.74, 6) is 0.746. The van der Waals surface area contributed by atoms with E-state index in [1.54, 1.807) is 17.0 Å². The number of carbonyl (C=O) groups excluding carboxylic acids is 2. The minimum Gasteiger partial charge on any atom is -0.486 e. The molecule has 2 aliphatic heterocycles. The Labute approximate surface area is 192 Å². The monoisotopic (exact) mass is 437 g/mol. The first-order valence-corrected chi connectivity index (χ1v) is 11.0. The van der Waals surface area contributed by atoms with Gasteiger partial charge in [0.2, 0.25) is 0 Å². The van der Waals surface area contributed by atoms with Crippen molar-refractivity contribution in [2.75, 3.05) is 18.4 Å². The predicted molar refractivity (Wildman–Crippen MR) is 125 cm³/mol. The molecule has 0 aliphatic carbocycles. The van der Waals surface area contributed by atoms with Gasteiger partial charge in [0, 0.05) is 31.6 Å². The van der Waals surface area contributed by atoms with E-state index in [9.17, 15) is 9.59 Å². The van der Waals surface area contributed by atoms with E-state index in [-0.39, 0.29) is 11.8 Å². The van der Waals surface area contributed by atoms with Crippen LogP contribution in [0, 0.1) is 11.3 Å². The molecule has 0 bridgehead atoms. The highest BCUT2D eigenvalue weighted by atomic mass is 16.5. The largest absolute Gasteiger partial charge is 0.486 e. The zero-order valence-electron chi connectivity index (χ0n) is 18.1. The van der Waals surface area contributed by atoms with Gasteiger partial charge in [-0.15, -0.1) is 0 Å². The van der Waals surface area contributed by atoms with Crippen LogP contribution in [0.4, 0.5) is 10.5 Å². The number of ether oxygens (including phenoxy) is 1. The summed E-state index contributed by atoms with van der Waals surface area (Å²) in [6.07, 6.45) is 1.58. The molecule has 33 heavy (non-hydrogen) atoms. The number of ketones is 1. The number of hydrogen-bond acceptors (Lipinski definition) is 4. The van der Waals surface area contributed by atoms with E-state index in [0.717, 1.165) is 11.1 Å². The summed E-state index contributed by atoms with van der Waals surface area (Å²) in [7, 11) is 0. The average Bonchev–Trinajstić information content (AvgIpc) is 2.84. The SMILES string of the molecule is N#Cc1cccc(-c2cccc(NC(=O)N3CCC4(CC3)CC(=O)c3ccccc3O4)c2)c1. The van der Waals surface area contributed by atoms with Gasteiger partial charge in [0.05, 0.1) is 23.6 Å². The Morgan fingerprint density at radius 3 is 2.48 bits per heavy atom. The highest BCUT2D eigenvalue weighted by molar-refractivity contribution is 6.00. The summed E-state index contributed by atoms with van der Waals surface area (Å²) in [5.41, 5.74) is 3.24. The number of hydrogen-bond donors (Lipinski definition) is 1. The van der Waals surface area contributed by atoms with E-state index in [2.05, 4.69) is 11.4 Å². The lowest BCUT2D eigenvalue weighted by atomic mass is 9.82. The molecule has 164 valence electrons. The Hall–Kier alpha value is -4.11. The Morgan fingerprint density at radius 1 is 0.970 bits per heavy atom. The molecule has 0 radical (unpaired) electrons. The van der Waals surface area contributed by atoms with Crippen LogP contribution in [0.1, 0.15) is 35.2 Å². The summed E-state index contributed by atoms with van der Waals surface area (Å²) < 4.78 is 6.26. The molecule has 1 saturated heterocycles. The average molecular weight is 437 g/mol. The van der Waals surface area contributed by atoms with E-state index >= 15 is 0 Å². The van der Waals surface area contributed by atoms with E-state index in [1.165, 1.54) is 0 Å². The molecule has 3 aromatic carbocycles. The Bertz CT molecular complexity index is 1270. The van der Waals surface area contributed by atoms with Crippen LogP contribution in [0.2, 0.25) is 0 Å². The number of piperidine rings is 1. The van der Waals surface area contributed by atoms with Crippen molar-refractivity contribution in [3.63, 3.8) is 0 Å².